The van der Waals surface area contributed by atoms with Crippen LogP contribution in [0.5, 0.6) is 0 Å². The third kappa shape index (κ3) is 11.3. The minimum Gasteiger partial charge on any atom is -1.00 e. The van der Waals surface area contributed by atoms with Gasteiger partial charge in [-0.3, -0.25) is 9.97 Å². The number of nitrogens with zero attached hydrogens (tertiary/aromatic N) is 2. The summed E-state index contributed by atoms with van der Waals surface area (Å²) in [6.07, 6.45) is 3.75. The normalized spacial score (nSPS) is 9.14. The molecule has 0 aliphatic rings. The van der Waals surface area contributed by atoms with Crippen LogP contribution in [0.25, 0.3) is 11.4 Å². The van der Waals surface area contributed by atoms with Crippen molar-refractivity contribution in [2.45, 2.75) is 52.4 Å². The first-order valence-electron chi connectivity index (χ1n) is 7.72. The first kappa shape index (κ1) is 34.0. The second kappa shape index (κ2) is 16.4. The Kier molecular flexibility index (Phi) is 20.0. The van der Waals surface area contributed by atoms with Gasteiger partial charge in [0.05, 0.1) is 11.4 Å². The monoisotopic (exact) mass is 574 g/mol. The van der Waals surface area contributed by atoms with Crippen molar-refractivity contribution >= 4 is 0 Å². The van der Waals surface area contributed by atoms with Crippen molar-refractivity contribution in [3.05, 3.63) is 67.7 Å². The van der Waals surface area contributed by atoms with Crippen molar-refractivity contribution in [2.75, 3.05) is 0 Å². The largest absolute Gasteiger partial charge is 1.00 e. The first-order chi connectivity index (χ1) is 12.2. The van der Waals surface area contributed by atoms with Crippen LogP contribution >= 0.6 is 0 Å². The zero-order chi connectivity index (χ0) is 21.0. The Labute approximate surface area is 188 Å². The van der Waals surface area contributed by atoms with Gasteiger partial charge in [0.1, 0.15) is 0 Å². The summed E-state index contributed by atoms with van der Waals surface area (Å²) < 4.78 is 22.5. The molecular weight excluding hydrogens is 550 g/mol. The zero-order valence-corrected chi connectivity index (χ0v) is 20.3. The van der Waals surface area contributed by atoms with Crippen LogP contribution in [-0.2, 0) is 45.2 Å². The summed E-state index contributed by atoms with van der Waals surface area (Å²) in [5.74, 6) is 0. The Balaban J connectivity index is -0.000000329. The van der Waals surface area contributed by atoms with Crippen LogP contribution in [0.15, 0.2) is 36.7 Å². The summed E-state index contributed by atoms with van der Waals surface area (Å²) in [6.45, 7) is 26.8. The van der Waals surface area contributed by atoms with Crippen LogP contribution in [0.4, 0.5) is 0 Å². The van der Waals surface area contributed by atoms with Crippen LogP contribution in [-0.4, -0.2) is 9.97 Å². The Bertz CT molecular complexity index is 676. The molecule has 1 radical (unpaired) electrons. The van der Waals surface area contributed by atoms with Crippen LogP contribution in [0.2, 0.25) is 0 Å². The van der Waals surface area contributed by atoms with E-state index in [1.807, 2.05) is 12.4 Å². The van der Waals surface area contributed by atoms with Gasteiger partial charge in [-0.1, -0.05) is 41.5 Å². The average Bonchev–Trinajstić information content (AvgIpc) is 2.65. The van der Waals surface area contributed by atoms with Gasteiger partial charge in [0.25, 0.3) is 0 Å². The molecule has 2 rings (SSSR count). The fraction of sp³-hybridized carbons (Fsp3) is 0.381. The summed E-state index contributed by atoms with van der Waals surface area (Å²) >= 11 is 0. The van der Waals surface area contributed by atoms with E-state index in [4.69, 9.17) is 14.0 Å². The molecule has 151 valence electrons. The molecule has 2 aromatic heterocycles. The van der Waals surface area contributed by atoms with Gasteiger partial charge in [-0.25, -0.2) is 0 Å². The Hall–Kier alpha value is -1.53. The quantitative estimate of drug-likeness (QED) is 0.384. The van der Waals surface area contributed by atoms with Gasteiger partial charge in [-0.05, 0) is 46.2 Å². The molecule has 0 aliphatic carbocycles. The van der Waals surface area contributed by atoms with Crippen LogP contribution in [0.3, 0.4) is 0 Å². The van der Waals surface area contributed by atoms with Gasteiger partial charge in [-0.15, -0.1) is 0 Å². The zero-order valence-electron chi connectivity index (χ0n) is 16.8. The Morgan fingerprint density at radius 2 is 0.893 bits per heavy atom. The van der Waals surface area contributed by atoms with Gasteiger partial charge < -0.3 is 12.4 Å². The van der Waals surface area contributed by atoms with E-state index in [0.29, 0.717) is 0 Å². The maximum absolute atomic E-state index is 7.50. The van der Waals surface area contributed by atoms with Crippen LogP contribution < -0.4 is 12.4 Å². The molecule has 0 bridgehead atoms. The van der Waals surface area contributed by atoms with E-state index in [1.54, 1.807) is 0 Å². The third-order valence-corrected chi connectivity index (χ3v) is 3.51. The van der Waals surface area contributed by atoms with Crippen LogP contribution in [0.1, 0.15) is 52.7 Å². The van der Waals surface area contributed by atoms with Gasteiger partial charge in [0.15, 0.2) is 0 Å². The molecule has 0 unspecified atom stereocenters. The minimum absolute atomic E-state index is 0. The van der Waals surface area contributed by atoms with E-state index in [-0.39, 0.29) is 43.7 Å². The summed E-state index contributed by atoms with van der Waals surface area (Å²) in [4.78, 5) is 8.97. The number of hydrogen-bond donors (Lipinski definition) is 0. The molecule has 0 saturated heterocycles. The molecule has 5 nitrogen and oxygen atoms in total. The molecule has 0 aliphatic heterocycles. The predicted octanol–water partition coefficient (Wildman–Crippen LogP) is 1.63. The van der Waals surface area contributed by atoms with Crippen molar-refractivity contribution in [2.24, 2.45) is 0 Å². The van der Waals surface area contributed by atoms with Gasteiger partial charge in [0, 0.05) is 32.8 Å². The second-order valence-corrected chi connectivity index (χ2v) is 7.36. The molecule has 7 heteroatoms. The van der Waals surface area contributed by atoms with Gasteiger partial charge in [0.2, 0.25) is 0 Å². The Morgan fingerprint density at radius 3 is 1.11 bits per heavy atom. The molecule has 0 saturated carbocycles. The van der Waals surface area contributed by atoms with E-state index in [1.165, 1.54) is 11.1 Å². The van der Waals surface area contributed by atoms with Crippen LogP contribution in [0, 0.1) is 20.0 Å². The standard InChI is InChI=1S/C18H24N2.3CO.ClH.Re/c1-17(2,3)13-7-9-19-15(11-13)16-12-14(8-10-20-16)18(4,5)6;3*1-2;;/h7-12H,1-6H3;;;;1H;/p-1. The fourth-order valence-corrected chi connectivity index (χ4v) is 2.07. The maximum atomic E-state index is 7.50. The molecule has 0 N–H and O–H groups in total. The van der Waals surface area contributed by atoms with Crippen molar-refractivity contribution in [1.82, 2.24) is 9.97 Å². The topological polar surface area (TPSA) is 85.5 Å². The van der Waals surface area contributed by atoms with E-state index in [0.717, 1.165) is 11.4 Å². The summed E-state index contributed by atoms with van der Waals surface area (Å²) in [5.41, 5.74) is 4.71. The van der Waals surface area contributed by atoms with E-state index < -0.39 is 0 Å². The van der Waals surface area contributed by atoms with Crippen molar-refractivity contribution in [3.8, 4) is 11.4 Å². The molecule has 0 amide bonds. The third-order valence-electron chi connectivity index (χ3n) is 3.51. The SMILES string of the molecule is CC(C)(C)c1ccnc(-c2cc(C(C)(C)C)ccn2)c1.[C-]#[O+].[C-]#[O+].[C-]#[O+].[Cl-].[Re]. The molecule has 0 fully saturated rings. The molecule has 0 atom stereocenters. The number of aromatic nitrogens is 2. The summed E-state index contributed by atoms with van der Waals surface area (Å²) in [6, 6.07) is 8.46. The van der Waals surface area contributed by atoms with E-state index >= 15 is 0 Å². The van der Waals surface area contributed by atoms with Crippen molar-refractivity contribution < 1.29 is 46.8 Å². The van der Waals surface area contributed by atoms with Gasteiger partial charge in [-0.2, -0.15) is 0 Å². The molecule has 0 aromatic carbocycles. The molecule has 2 heterocycles. The summed E-state index contributed by atoms with van der Waals surface area (Å²) in [7, 11) is 0. The smallest absolute Gasteiger partial charge is 0 e. The van der Waals surface area contributed by atoms with E-state index in [2.05, 4.69) is 95.7 Å². The van der Waals surface area contributed by atoms with E-state index in [9.17, 15) is 0 Å². The maximum Gasteiger partial charge on any atom is 0 e. The molecular formula is C21H24ClN2O3Re-. The molecule has 2 aromatic rings. The molecule has 0 spiro atoms. The summed E-state index contributed by atoms with van der Waals surface area (Å²) in [5, 5.41) is 0. The number of pyridine rings is 2. The molecule has 28 heavy (non-hydrogen) atoms. The van der Waals surface area contributed by atoms with Gasteiger partial charge >= 0.3 is 33.9 Å². The minimum atomic E-state index is 0. The Morgan fingerprint density at radius 1 is 0.643 bits per heavy atom. The first-order valence-corrected chi connectivity index (χ1v) is 7.72. The number of hydrogen-bond acceptors (Lipinski definition) is 2. The second-order valence-electron chi connectivity index (χ2n) is 7.36. The average molecular weight is 574 g/mol. The van der Waals surface area contributed by atoms with Crippen molar-refractivity contribution in [3.63, 3.8) is 0 Å². The predicted molar refractivity (Wildman–Crippen MR) is 96.7 cm³/mol. The van der Waals surface area contributed by atoms with Crippen molar-refractivity contribution in [1.29, 1.82) is 0 Å². The number of rotatable bonds is 1. The number of halogens is 1. The fourth-order valence-electron chi connectivity index (χ4n) is 2.07.